The van der Waals surface area contributed by atoms with E-state index in [0.29, 0.717) is 11.3 Å². The van der Waals surface area contributed by atoms with Gasteiger partial charge in [-0.15, -0.1) is 0 Å². The van der Waals surface area contributed by atoms with Gasteiger partial charge in [0.2, 0.25) is 5.82 Å². The lowest BCUT2D eigenvalue weighted by Gasteiger charge is -2.14. The Hall–Kier alpha value is -2.17. The number of carboxylic acids is 1. The van der Waals surface area contributed by atoms with Gasteiger partial charge in [0.1, 0.15) is 5.82 Å². The van der Waals surface area contributed by atoms with Gasteiger partial charge in [-0.3, -0.25) is 0 Å². The minimum atomic E-state index is -1.11. The summed E-state index contributed by atoms with van der Waals surface area (Å²) in [7, 11) is 0. The van der Waals surface area contributed by atoms with Crippen LogP contribution in [-0.2, 0) is 0 Å². The second kappa shape index (κ2) is 3.66. The quantitative estimate of drug-likeness (QED) is 0.865. The number of para-hydroxylation sites is 1. The van der Waals surface area contributed by atoms with Gasteiger partial charge in [0.25, 0.3) is 0 Å². The molecule has 18 heavy (non-hydrogen) atoms. The SMILES string of the molecule is CC1(Nc2nc(C(=O)O)nc3ccccc23)CC1. The van der Waals surface area contributed by atoms with Crippen molar-refractivity contribution >= 4 is 22.7 Å². The third-order valence-corrected chi connectivity index (χ3v) is 3.21. The predicted molar refractivity (Wildman–Crippen MR) is 67.8 cm³/mol. The molecule has 1 aromatic carbocycles. The highest BCUT2D eigenvalue weighted by Crippen LogP contribution is 2.38. The van der Waals surface area contributed by atoms with Gasteiger partial charge in [-0.25, -0.2) is 14.8 Å². The first-order valence-corrected chi connectivity index (χ1v) is 5.86. The van der Waals surface area contributed by atoms with E-state index in [4.69, 9.17) is 5.11 Å². The minimum Gasteiger partial charge on any atom is -0.475 e. The van der Waals surface area contributed by atoms with Crippen molar-refractivity contribution in [1.82, 2.24) is 9.97 Å². The fourth-order valence-electron chi connectivity index (χ4n) is 1.87. The minimum absolute atomic E-state index is 0.0485. The molecule has 2 N–H and O–H groups in total. The highest BCUT2D eigenvalue weighted by molar-refractivity contribution is 5.93. The summed E-state index contributed by atoms with van der Waals surface area (Å²) in [6, 6.07) is 7.43. The lowest BCUT2D eigenvalue weighted by atomic mass is 10.2. The van der Waals surface area contributed by atoms with E-state index in [1.807, 2.05) is 18.2 Å². The highest BCUT2D eigenvalue weighted by atomic mass is 16.4. The number of benzene rings is 1. The first kappa shape index (κ1) is 11.0. The molecule has 1 aromatic heterocycles. The number of anilines is 1. The molecule has 2 aromatic rings. The smallest absolute Gasteiger partial charge is 0.374 e. The average Bonchev–Trinajstić information content (AvgIpc) is 3.06. The predicted octanol–water partition coefficient (Wildman–Crippen LogP) is 2.29. The van der Waals surface area contributed by atoms with Crippen LogP contribution in [0.15, 0.2) is 24.3 Å². The summed E-state index contributed by atoms with van der Waals surface area (Å²) in [5, 5.41) is 13.2. The van der Waals surface area contributed by atoms with E-state index in [2.05, 4.69) is 22.2 Å². The van der Waals surface area contributed by atoms with Gasteiger partial charge in [0, 0.05) is 10.9 Å². The molecule has 0 spiro atoms. The number of aromatic nitrogens is 2. The lowest BCUT2D eigenvalue weighted by molar-refractivity contribution is 0.0684. The number of rotatable bonds is 3. The number of carbonyl (C=O) groups is 1. The van der Waals surface area contributed by atoms with E-state index in [-0.39, 0.29) is 11.4 Å². The van der Waals surface area contributed by atoms with E-state index in [1.165, 1.54) is 0 Å². The standard InChI is InChI=1S/C13H13N3O2/c1-13(6-7-13)16-10-8-4-2-3-5-9(8)14-11(15-10)12(17)18/h2-5H,6-7H2,1H3,(H,17,18)(H,14,15,16). The Kier molecular flexibility index (Phi) is 2.23. The molecule has 0 aliphatic heterocycles. The third kappa shape index (κ3) is 1.88. The van der Waals surface area contributed by atoms with Crippen molar-refractivity contribution in [2.45, 2.75) is 25.3 Å². The maximum atomic E-state index is 11.0. The van der Waals surface area contributed by atoms with Crippen molar-refractivity contribution in [3.63, 3.8) is 0 Å². The van der Waals surface area contributed by atoms with Gasteiger partial charge in [-0.2, -0.15) is 0 Å². The number of fused-ring (bicyclic) bond motifs is 1. The van der Waals surface area contributed by atoms with E-state index < -0.39 is 5.97 Å². The van der Waals surface area contributed by atoms with Gasteiger partial charge >= 0.3 is 5.97 Å². The van der Waals surface area contributed by atoms with Crippen LogP contribution < -0.4 is 5.32 Å². The fourth-order valence-corrected chi connectivity index (χ4v) is 1.87. The number of nitrogens with zero attached hydrogens (tertiary/aromatic N) is 2. The molecule has 0 unspecified atom stereocenters. The molecule has 1 heterocycles. The molecule has 5 nitrogen and oxygen atoms in total. The molecule has 1 fully saturated rings. The van der Waals surface area contributed by atoms with Crippen LogP contribution in [0.5, 0.6) is 0 Å². The number of hydrogen-bond acceptors (Lipinski definition) is 4. The normalized spacial score (nSPS) is 16.5. The molecule has 0 atom stereocenters. The Bertz CT molecular complexity index is 635. The Morgan fingerprint density at radius 3 is 2.72 bits per heavy atom. The largest absolute Gasteiger partial charge is 0.475 e. The molecular weight excluding hydrogens is 230 g/mol. The van der Waals surface area contributed by atoms with Crippen molar-refractivity contribution in [3.05, 3.63) is 30.1 Å². The summed E-state index contributed by atoms with van der Waals surface area (Å²) < 4.78 is 0. The molecule has 1 aliphatic rings. The summed E-state index contributed by atoms with van der Waals surface area (Å²) >= 11 is 0. The van der Waals surface area contributed by atoms with E-state index in [9.17, 15) is 4.79 Å². The molecule has 1 saturated carbocycles. The Balaban J connectivity index is 2.16. The monoisotopic (exact) mass is 243 g/mol. The lowest BCUT2D eigenvalue weighted by Crippen LogP contribution is -2.18. The maximum Gasteiger partial charge on any atom is 0.374 e. The summed E-state index contributed by atoms with van der Waals surface area (Å²) in [6.45, 7) is 2.10. The van der Waals surface area contributed by atoms with Crippen molar-refractivity contribution in [2.24, 2.45) is 0 Å². The Labute approximate surface area is 104 Å². The van der Waals surface area contributed by atoms with Crippen molar-refractivity contribution in [2.75, 3.05) is 5.32 Å². The van der Waals surface area contributed by atoms with Crippen molar-refractivity contribution in [3.8, 4) is 0 Å². The number of hydrogen-bond donors (Lipinski definition) is 2. The summed E-state index contributed by atoms with van der Waals surface area (Å²) in [5.41, 5.74) is 0.698. The van der Waals surface area contributed by atoms with Crippen LogP contribution in [0.3, 0.4) is 0 Å². The van der Waals surface area contributed by atoms with Crippen LogP contribution in [0, 0.1) is 0 Å². The summed E-state index contributed by atoms with van der Waals surface area (Å²) in [5.74, 6) is -0.664. The molecule has 0 amide bonds. The molecule has 0 bridgehead atoms. The Morgan fingerprint density at radius 2 is 2.06 bits per heavy atom. The summed E-state index contributed by atoms with van der Waals surface area (Å²) in [4.78, 5) is 19.2. The average molecular weight is 243 g/mol. The number of carboxylic acid groups (broad SMARTS) is 1. The van der Waals surface area contributed by atoms with Crippen LogP contribution in [0.1, 0.15) is 30.4 Å². The fraction of sp³-hybridized carbons (Fsp3) is 0.308. The molecule has 5 heteroatoms. The van der Waals surface area contributed by atoms with Crippen LogP contribution in [0.2, 0.25) is 0 Å². The van der Waals surface area contributed by atoms with Gasteiger partial charge < -0.3 is 10.4 Å². The number of aromatic carboxylic acids is 1. The number of nitrogens with one attached hydrogen (secondary N) is 1. The van der Waals surface area contributed by atoms with Gasteiger partial charge in [-0.1, -0.05) is 12.1 Å². The zero-order chi connectivity index (χ0) is 12.8. The van der Waals surface area contributed by atoms with Crippen molar-refractivity contribution in [1.29, 1.82) is 0 Å². The van der Waals surface area contributed by atoms with Crippen LogP contribution in [0.4, 0.5) is 5.82 Å². The first-order valence-electron chi connectivity index (χ1n) is 5.86. The van der Waals surface area contributed by atoms with Crippen LogP contribution in [0.25, 0.3) is 10.9 Å². The van der Waals surface area contributed by atoms with Gasteiger partial charge in [-0.05, 0) is 31.9 Å². The highest BCUT2D eigenvalue weighted by Gasteiger charge is 2.38. The summed E-state index contributed by atoms with van der Waals surface area (Å²) in [6.07, 6.45) is 2.15. The van der Waals surface area contributed by atoms with E-state index in [0.717, 1.165) is 18.2 Å². The Morgan fingerprint density at radius 1 is 1.33 bits per heavy atom. The molecule has 0 radical (unpaired) electrons. The third-order valence-electron chi connectivity index (χ3n) is 3.21. The van der Waals surface area contributed by atoms with Gasteiger partial charge in [0.05, 0.1) is 5.52 Å². The van der Waals surface area contributed by atoms with Crippen molar-refractivity contribution < 1.29 is 9.90 Å². The zero-order valence-electron chi connectivity index (χ0n) is 9.97. The van der Waals surface area contributed by atoms with E-state index >= 15 is 0 Å². The van der Waals surface area contributed by atoms with Gasteiger partial charge in [0.15, 0.2) is 0 Å². The molecule has 1 aliphatic carbocycles. The second-order valence-electron chi connectivity index (χ2n) is 4.90. The molecule has 92 valence electrons. The topological polar surface area (TPSA) is 75.1 Å². The maximum absolute atomic E-state index is 11.0. The second-order valence-corrected chi connectivity index (χ2v) is 4.90. The molecule has 3 rings (SSSR count). The zero-order valence-corrected chi connectivity index (χ0v) is 9.97. The molecular formula is C13H13N3O2. The first-order chi connectivity index (χ1) is 8.57. The van der Waals surface area contributed by atoms with E-state index in [1.54, 1.807) is 6.07 Å². The van der Waals surface area contributed by atoms with Crippen LogP contribution >= 0.6 is 0 Å². The van der Waals surface area contributed by atoms with Crippen LogP contribution in [-0.4, -0.2) is 26.6 Å². The molecule has 0 saturated heterocycles.